The number of ether oxygens (including phenoxy) is 1. The second-order valence-corrected chi connectivity index (χ2v) is 7.28. The first-order valence-electron chi connectivity index (χ1n) is 8.41. The van der Waals surface area contributed by atoms with E-state index in [0.717, 1.165) is 11.3 Å². The average Bonchev–Trinajstić information content (AvgIpc) is 3.39. The summed E-state index contributed by atoms with van der Waals surface area (Å²) in [6, 6.07) is 4.22. The van der Waals surface area contributed by atoms with Gasteiger partial charge >= 0.3 is 0 Å². The van der Waals surface area contributed by atoms with Gasteiger partial charge in [-0.15, -0.1) is 0 Å². The normalized spacial score (nSPS) is 37.1. The molecule has 25 heavy (non-hydrogen) atoms. The van der Waals surface area contributed by atoms with Gasteiger partial charge in [0.2, 0.25) is 11.8 Å². The van der Waals surface area contributed by atoms with Gasteiger partial charge in [0.1, 0.15) is 11.4 Å². The highest BCUT2D eigenvalue weighted by Gasteiger charge is 2.67. The Hall–Kier alpha value is -2.70. The summed E-state index contributed by atoms with van der Waals surface area (Å²) in [6.07, 6.45) is 5.24. The molecule has 6 rings (SSSR count). The summed E-state index contributed by atoms with van der Waals surface area (Å²) in [5.74, 6) is 0.173. The van der Waals surface area contributed by atoms with Gasteiger partial charge in [-0.2, -0.15) is 0 Å². The highest BCUT2D eigenvalue weighted by Crippen LogP contribution is 2.65. The van der Waals surface area contributed by atoms with Crippen LogP contribution in [-0.4, -0.2) is 23.8 Å². The number of methoxy groups -OCH3 is 1. The van der Waals surface area contributed by atoms with E-state index in [1.807, 2.05) is 0 Å². The van der Waals surface area contributed by atoms with Gasteiger partial charge in [0.25, 0.3) is 5.69 Å². The summed E-state index contributed by atoms with van der Waals surface area (Å²) in [5, 5.41) is 11.5. The third-order valence-electron chi connectivity index (χ3n) is 6.28. The largest absolute Gasteiger partial charge is 0.496 e. The Kier molecular flexibility index (Phi) is 2.74. The minimum atomic E-state index is -0.579. The molecule has 0 radical (unpaired) electrons. The Morgan fingerprint density at radius 2 is 1.72 bits per heavy atom. The molecule has 2 saturated carbocycles. The standard InChI is InChI=1S/C18H16N2O5/c1-25-8-2-5-13(14(6-8)20(23)24)19-17(21)15-9-3-4-10(12-7-11(9)12)16(15)18(19)22/h2-6,9-12,15-16H,7H2,1H3/t9-,10-,11-,12-,15-,16+/m1/s1. The van der Waals surface area contributed by atoms with Crippen LogP contribution in [0.25, 0.3) is 0 Å². The van der Waals surface area contributed by atoms with E-state index in [1.165, 1.54) is 25.3 Å². The first-order chi connectivity index (χ1) is 12.0. The molecule has 1 saturated heterocycles. The Bertz CT molecular complexity index is 827. The van der Waals surface area contributed by atoms with Crippen LogP contribution in [0.4, 0.5) is 11.4 Å². The quantitative estimate of drug-likeness (QED) is 0.364. The molecule has 0 N–H and O–H groups in total. The zero-order valence-electron chi connectivity index (χ0n) is 13.5. The minimum absolute atomic E-state index is 0.0447. The van der Waals surface area contributed by atoms with Crippen molar-refractivity contribution in [1.82, 2.24) is 0 Å². The Morgan fingerprint density at radius 1 is 1.12 bits per heavy atom. The molecular formula is C18H16N2O5. The summed E-state index contributed by atoms with van der Waals surface area (Å²) in [4.78, 5) is 38.0. The molecule has 7 heteroatoms. The van der Waals surface area contributed by atoms with Crippen LogP contribution in [-0.2, 0) is 9.59 Å². The van der Waals surface area contributed by atoms with Gasteiger partial charge in [-0.05, 0) is 42.2 Å². The van der Waals surface area contributed by atoms with Gasteiger partial charge in [0.05, 0.1) is 29.9 Å². The predicted molar refractivity (Wildman–Crippen MR) is 86.8 cm³/mol. The van der Waals surface area contributed by atoms with E-state index < -0.39 is 4.92 Å². The SMILES string of the molecule is COc1ccc(N2C(=O)[C@@H]3[C@@H]4C=C[C@H]([C@H]5C[C@H]45)[C@@H]3C2=O)c([N+](=O)[O-])c1. The van der Waals surface area contributed by atoms with E-state index in [1.54, 1.807) is 0 Å². The van der Waals surface area contributed by atoms with Crippen molar-refractivity contribution in [2.45, 2.75) is 6.42 Å². The molecule has 1 aliphatic heterocycles. The number of hydrogen-bond acceptors (Lipinski definition) is 5. The second-order valence-electron chi connectivity index (χ2n) is 7.28. The molecule has 4 aliphatic carbocycles. The van der Waals surface area contributed by atoms with Gasteiger partial charge in [-0.25, -0.2) is 4.90 Å². The van der Waals surface area contributed by atoms with E-state index in [9.17, 15) is 19.7 Å². The van der Waals surface area contributed by atoms with Crippen LogP contribution in [0.1, 0.15) is 6.42 Å². The smallest absolute Gasteiger partial charge is 0.297 e. The molecule has 3 fully saturated rings. The summed E-state index contributed by atoms with van der Waals surface area (Å²) >= 11 is 0. The number of hydrogen-bond donors (Lipinski definition) is 0. The van der Waals surface area contributed by atoms with Gasteiger partial charge in [-0.1, -0.05) is 12.2 Å². The number of nitrogens with zero attached hydrogens (tertiary/aromatic N) is 2. The number of nitro benzene ring substituents is 1. The minimum Gasteiger partial charge on any atom is -0.496 e. The number of allylic oxidation sites excluding steroid dienone is 2. The number of nitro groups is 1. The third-order valence-corrected chi connectivity index (χ3v) is 6.28. The number of carbonyl (C=O) groups is 2. The molecule has 128 valence electrons. The Labute approximate surface area is 143 Å². The lowest BCUT2D eigenvalue weighted by molar-refractivity contribution is -0.384. The lowest BCUT2D eigenvalue weighted by Gasteiger charge is -2.37. The molecule has 0 unspecified atom stereocenters. The molecule has 1 aromatic carbocycles. The summed E-state index contributed by atoms with van der Waals surface area (Å²) in [5.41, 5.74) is -0.242. The predicted octanol–water partition coefficient (Wildman–Crippen LogP) is 2.16. The molecule has 0 aromatic heterocycles. The number of benzene rings is 1. The molecule has 2 amide bonds. The van der Waals surface area contributed by atoms with E-state index in [2.05, 4.69) is 12.2 Å². The molecule has 0 spiro atoms. The van der Waals surface area contributed by atoms with E-state index >= 15 is 0 Å². The number of anilines is 1. The maximum Gasteiger partial charge on any atom is 0.297 e. The second kappa shape index (κ2) is 4.68. The van der Waals surface area contributed by atoms with Gasteiger partial charge in [0, 0.05) is 0 Å². The molecule has 1 heterocycles. The monoisotopic (exact) mass is 340 g/mol. The van der Waals surface area contributed by atoms with Crippen molar-refractivity contribution in [3.8, 4) is 5.75 Å². The molecule has 1 aromatic rings. The first kappa shape index (κ1) is 14.6. The maximum atomic E-state index is 13.1. The van der Waals surface area contributed by atoms with E-state index in [0.29, 0.717) is 17.6 Å². The van der Waals surface area contributed by atoms with Crippen LogP contribution in [0, 0.1) is 45.6 Å². The Balaban J connectivity index is 1.60. The number of imide groups is 1. The van der Waals surface area contributed by atoms with E-state index in [-0.39, 0.29) is 46.9 Å². The van der Waals surface area contributed by atoms with Crippen molar-refractivity contribution in [3.63, 3.8) is 0 Å². The Morgan fingerprint density at radius 3 is 2.24 bits per heavy atom. The van der Waals surface area contributed by atoms with Crippen LogP contribution in [0.2, 0.25) is 0 Å². The first-order valence-corrected chi connectivity index (χ1v) is 8.41. The maximum absolute atomic E-state index is 13.1. The van der Waals surface area contributed by atoms with Gasteiger partial charge < -0.3 is 4.74 Å². The third kappa shape index (κ3) is 1.75. The zero-order valence-corrected chi connectivity index (χ0v) is 13.5. The zero-order chi connectivity index (χ0) is 17.5. The average molecular weight is 340 g/mol. The van der Waals surface area contributed by atoms with Gasteiger partial charge in [-0.3, -0.25) is 19.7 Å². The number of carbonyl (C=O) groups excluding carboxylic acids is 2. The molecule has 5 aliphatic rings. The number of rotatable bonds is 3. The van der Waals surface area contributed by atoms with Crippen LogP contribution in [0.5, 0.6) is 5.75 Å². The molecule has 7 nitrogen and oxygen atoms in total. The van der Waals surface area contributed by atoms with Crippen molar-refractivity contribution in [2.75, 3.05) is 12.0 Å². The fourth-order valence-electron chi connectivity index (χ4n) is 5.16. The fraction of sp³-hybridized carbons (Fsp3) is 0.444. The summed E-state index contributed by atoms with van der Waals surface area (Å²) < 4.78 is 5.03. The van der Waals surface area contributed by atoms with Gasteiger partial charge in [0.15, 0.2) is 0 Å². The number of amides is 2. The van der Waals surface area contributed by atoms with Crippen LogP contribution in [0.15, 0.2) is 30.4 Å². The molecular weight excluding hydrogens is 324 g/mol. The van der Waals surface area contributed by atoms with Crippen molar-refractivity contribution in [3.05, 3.63) is 40.5 Å². The van der Waals surface area contributed by atoms with Crippen LogP contribution in [0.3, 0.4) is 0 Å². The van der Waals surface area contributed by atoms with Crippen molar-refractivity contribution >= 4 is 23.2 Å². The topological polar surface area (TPSA) is 89.8 Å². The van der Waals surface area contributed by atoms with E-state index in [4.69, 9.17) is 4.74 Å². The molecule has 6 atom stereocenters. The van der Waals surface area contributed by atoms with Crippen LogP contribution >= 0.6 is 0 Å². The highest BCUT2D eigenvalue weighted by molar-refractivity contribution is 6.23. The van der Waals surface area contributed by atoms with Crippen molar-refractivity contribution in [2.24, 2.45) is 35.5 Å². The lowest BCUT2D eigenvalue weighted by atomic mass is 9.63. The fourth-order valence-corrected chi connectivity index (χ4v) is 5.16. The summed E-state index contributed by atoms with van der Waals surface area (Å²) in [7, 11) is 1.41. The van der Waals surface area contributed by atoms with Crippen molar-refractivity contribution in [1.29, 1.82) is 0 Å². The summed E-state index contributed by atoms with van der Waals surface area (Å²) in [6.45, 7) is 0. The lowest BCUT2D eigenvalue weighted by Crippen LogP contribution is -2.40. The van der Waals surface area contributed by atoms with Crippen LogP contribution < -0.4 is 9.64 Å². The molecule has 2 bridgehead atoms. The highest BCUT2D eigenvalue weighted by atomic mass is 16.6. The van der Waals surface area contributed by atoms with Crippen molar-refractivity contribution < 1.29 is 19.2 Å².